The van der Waals surface area contributed by atoms with E-state index in [9.17, 15) is 13.2 Å². The number of nitrogens with zero attached hydrogens (tertiary/aromatic N) is 1. The third-order valence-electron chi connectivity index (χ3n) is 4.41. The van der Waals surface area contributed by atoms with Crippen molar-refractivity contribution in [1.82, 2.24) is 5.32 Å². The van der Waals surface area contributed by atoms with Gasteiger partial charge in [0.2, 0.25) is 15.9 Å². The normalized spacial score (nSPS) is 12.3. The predicted molar refractivity (Wildman–Crippen MR) is 117 cm³/mol. The highest BCUT2D eigenvalue weighted by Crippen LogP contribution is 2.24. The summed E-state index contributed by atoms with van der Waals surface area (Å²) in [5.74, 6) is 0.372. The molecule has 0 radical (unpaired) electrons. The van der Waals surface area contributed by atoms with Crippen molar-refractivity contribution in [2.24, 2.45) is 0 Å². The Kier molecular flexibility index (Phi) is 7.30. The summed E-state index contributed by atoms with van der Waals surface area (Å²) in [7, 11) is -3.64. The molecular formula is C22H30N2O4S. The second kappa shape index (κ2) is 9.31. The summed E-state index contributed by atoms with van der Waals surface area (Å²) >= 11 is 0. The molecule has 0 aliphatic heterocycles. The van der Waals surface area contributed by atoms with E-state index in [-0.39, 0.29) is 12.5 Å². The van der Waals surface area contributed by atoms with E-state index in [1.165, 1.54) is 0 Å². The molecule has 2 aromatic carbocycles. The first-order valence-corrected chi connectivity index (χ1v) is 11.4. The van der Waals surface area contributed by atoms with Crippen LogP contribution in [0.15, 0.2) is 36.4 Å². The second-order valence-electron chi connectivity index (χ2n) is 7.54. The number of sulfonamides is 1. The Hall–Kier alpha value is -2.54. The lowest BCUT2D eigenvalue weighted by molar-refractivity contribution is -0.121. The fourth-order valence-corrected chi connectivity index (χ4v) is 4.55. The Morgan fingerprint density at radius 1 is 0.966 bits per heavy atom. The Bertz CT molecular complexity index is 946. The zero-order chi connectivity index (χ0) is 21.8. The van der Waals surface area contributed by atoms with Gasteiger partial charge in [-0.05, 0) is 81.1 Å². The van der Waals surface area contributed by atoms with E-state index < -0.39 is 16.1 Å². The number of nitrogens with one attached hydrogen (secondary N) is 1. The van der Waals surface area contributed by atoms with Crippen LogP contribution < -0.4 is 14.4 Å². The maximum Gasteiger partial charge on any atom is 0.243 e. The monoisotopic (exact) mass is 418 g/mol. The minimum atomic E-state index is -3.64. The molecule has 2 aromatic rings. The van der Waals surface area contributed by atoms with Crippen molar-refractivity contribution in [3.8, 4) is 5.75 Å². The quantitative estimate of drug-likeness (QED) is 0.668. The molecule has 0 aromatic heterocycles. The molecule has 0 saturated carbocycles. The Balaban J connectivity index is 2.03. The number of ether oxygens (including phenoxy) is 1. The van der Waals surface area contributed by atoms with E-state index in [4.69, 9.17) is 4.74 Å². The van der Waals surface area contributed by atoms with E-state index >= 15 is 0 Å². The first-order valence-electron chi connectivity index (χ1n) is 9.54. The standard InChI is InChI=1S/C22H30N2O4S/c1-15-9-16(2)12-20(11-15)24(29(6,26)27)19(5)22(25)23-7-8-28-21-13-17(3)10-18(4)14-21/h9-14,19H,7-8H2,1-6H3,(H,23,25)/t19-/m1/s1. The molecule has 0 saturated heterocycles. The van der Waals surface area contributed by atoms with E-state index in [0.717, 1.165) is 38.6 Å². The van der Waals surface area contributed by atoms with Crippen LogP contribution in [-0.2, 0) is 14.8 Å². The van der Waals surface area contributed by atoms with Gasteiger partial charge in [-0.1, -0.05) is 12.1 Å². The number of carbonyl (C=O) groups excluding carboxylic acids is 1. The third kappa shape index (κ3) is 6.49. The van der Waals surface area contributed by atoms with Crippen LogP contribution >= 0.6 is 0 Å². The van der Waals surface area contributed by atoms with Crippen molar-refractivity contribution < 1.29 is 17.9 Å². The smallest absolute Gasteiger partial charge is 0.243 e. The molecule has 6 nitrogen and oxygen atoms in total. The molecule has 0 unspecified atom stereocenters. The molecule has 0 spiro atoms. The molecule has 1 atom stereocenters. The maximum atomic E-state index is 12.6. The van der Waals surface area contributed by atoms with E-state index in [0.29, 0.717) is 12.3 Å². The molecule has 1 N–H and O–H groups in total. The molecule has 0 aliphatic carbocycles. The average molecular weight is 419 g/mol. The summed E-state index contributed by atoms with van der Waals surface area (Å²) < 4.78 is 31.7. The minimum absolute atomic E-state index is 0.278. The lowest BCUT2D eigenvalue weighted by Crippen LogP contribution is -2.48. The largest absolute Gasteiger partial charge is 0.492 e. The number of aryl methyl sites for hydroxylation is 4. The first-order chi connectivity index (χ1) is 13.5. The van der Waals surface area contributed by atoms with Crippen LogP contribution in [-0.4, -0.2) is 39.8 Å². The van der Waals surface area contributed by atoms with Gasteiger partial charge in [-0.25, -0.2) is 8.42 Å². The number of carbonyl (C=O) groups is 1. The zero-order valence-corrected chi connectivity index (χ0v) is 18.8. The molecule has 0 bridgehead atoms. The molecule has 7 heteroatoms. The highest BCUT2D eigenvalue weighted by molar-refractivity contribution is 7.92. The summed E-state index contributed by atoms with van der Waals surface area (Å²) in [6.07, 6.45) is 1.11. The molecule has 0 fully saturated rings. The average Bonchev–Trinajstić information content (AvgIpc) is 2.55. The van der Waals surface area contributed by atoms with E-state index in [2.05, 4.69) is 11.4 Å². The highest BCUT2D eigenvalue weighted by Gasteiger charge is 2.29. The third-order valence-corrected chi connectivity index (χ3v) is 5.66. The van der Waals surface area contributed by atoms with Crippen LogP contribution in [0.2, 0.25) is 0 Å². The lowest BCUT2D eigenvalue weighted by atomic mass is 10.1. The van der Waals surface area contributed by atoms with Gasteiger partial charge < -0.3 is 10.1 Å². The predicted octanol–water partition coefficient (Wildman–Crippen LogP) is 3.27. The second-order valence-corrected chi connectivity index (χ2v) is 9.40. The molecule has 0 heterocycles. The number of rotatable bonds is 8. The van der Waals surface area contributed by atoms with Crippen LogP contribution in [0.4, 0.5) is 5.69 Å². The number of anilines is 1. The van der Waals surface area contributed by atoms with Crippen LogP contribution in [0, 0.1) is 27.7 Å². The maximum absolute atomic E-state index is 12.6. The highest BCUT2D eigenvalue weighted by atomic mass is 32.2. The van der Waals surface area contributed by atoms with Gasteiger partial charge in [0.1, 0.15) is 18.4 Å². The van der Waals surface area contributed by atoms with Crippen LogP contribution in [0.25, 0.3) is 0 Å². The molecular weight excluding hydrogens is 388 g/mol. The number of hydrogen-bond acceptors (Lipinski definition) is 4. The molecule has 29 heavy (non-hydrogen) atoms. The minimum Gasteiger partial charge on any atom is -0.492 e. The fourth-order valence-electron chi connectivity index (χ4n) is 3.39. The van der Waals surface area contributed by atoms with Crippen molar-refractivity contribution in [1.29, 1.82) is 0 Å². The Labute approximate surface area is 173 Å². The number of hydrogen-bond donors (Lipinski definition) is 1. The van der Waals surface area contributed by atoms with Gasteiger partial charge in [-0.15, -0.1) is 0 Å². The number of benzene rings is 2. The van der Waals surface area contributed by atoms with Crippen LogP contribution in [0.1, 0.15) is 29.2 Å². The topological polar surface area (TPSA) is 75.7 Å². The van der Waals surface area contributed by atoms with Gasteiger partial charge in [0, 0.05) is 0 Å². The van der Waals surface area contributed by atoms with Gasteiger partial charge in [-0.3, -0.25) is 9.10 Å². The van der Waals surface area contributed by atoms with Gasteiger partial charge in [-0.2, -0.15) is 0 Å². The van der Waals surface area contributed by atoms with Gasteiger partial charge in [0.25, 0.3) is 0 Å². The Morgan fingerprint density at radius 3 is 1.93 bits per heavy atom. The molecule has 2 rings (SSSR count). The van der Waals surface area contributed by atoms with Crippen molar-refractivity contribution >= 4 is 21.6 Å². The number of amides is 1. The van der Waals surface area contributed by atoms with Crippen molar-refractivity contribution in [3.63, 3.8) is 0 Å². The van der Waals surface area contributed by atoms with Crippen LogP contribution in [0.5, 0.6) is 5.75 Å². The van der Waals surface area contributed by atoms with Crippen molar-refractivity contribution in [3.05, 3.63) is 58.7 Å². The molecule has 158 valence electrons. The Morgan fingerprint density at radius 2 is 1.45 bits per heavy atom. The summed E-state index contributed by atoms with van der Waals surface area (Å²) in [5.41, 5.74) is 4.56. The van der Waals surface area contributed by atoms with E-state index in [1.54, 1.807) is 19.1 Å². The van der Waals surface area contributed by atoms with Gasteiger partial charge in [0.05, 0.1) is 18.5 Å². The lowest BCUT2D eigenvalue weighted by Gasteiger charge is -2.28. The zero-order valence-electron chi connectivity index (χ0n) is 17.9. The van der Waals surface area contributed by atoms with Crippen molar-refractivity contribution in [2.45, 2.75) is 40.7 Å². The molecule has 1 amide bonds. The SMILES string of the molecule is Cc1cc(C)cc(OCCNC(=O)[C@@H](C)N(c2cc(C)cc(C)c2)S(C)(=O)=O)c1. The van der Waals surface area contributed by atoms with E-state index in [1.807, 2.05) is 45.9 Å². The van der Waals surface area contributed by atoms with Gasteiger partial charge >= 0.3 is 0 Å². The summed E-state index contributed by atoms with van der Waals surface area (Å²) in [6, 6.07) is 10.5. The summed E-state index contributed by atoms with van der Waals surface area (Å²) in [4.78, 5) is 12.6. The first kappa shape index (κ1) is 22.7. The van der Waals surface area contributed by atoms with Crippen LogP contribution in [0.3, 0.4) is 0 Å². The summed E-state index contributed by atoms with van der Waals surface area (Å²) in [5, 5.41) is 2.76. The van der Waals surface area contributed by atoms with Crippen molar-refractivity contribution in [2.75, 3.05) is 23.7 Å². The van der Waals surface area contributed by atoms with Gasteiger partial charge in [0.15, 0.2) is 0 Å². The summed E-state index contributed by atoms with van der Waals surface area (Å²) in [6.45, 7) is 9.94. The fraction of sp³-hybridized carbons (Fsp3) is 0.409. The molecule has 0 aliphatic rings.